The lowest BCUT2D eigenvalue weighted by Gasteiger charge is -2.46. The van der Waals surface area contributed by atoms with Crippen molar-refractivity contribution in [1.29, 1.82) is 0 Å². The minimum atomic E-state index is -10.1. The van der Waals surface area contributed by atoms with Gasteiger partial charge in [0.25, 0.3) is 0 Å². The first-order valence-electron chi connectivity index (χ1n) is 5.71. The molecule has 0 amide bonds. The third kappa shape index (κ3) is 3.33. The van der Waals surface area contributed by atoms with E-state index in [1.54, 1.807) is 0 Å². The Morgan fingerprint density at radius 1 is 0.414 bits per heavy atom. The van der Waals surface area contributed by atoms with Crippen LogP contribution in [-0.2, 0) is 4.57 Å². The van der Waals surface area contributed by atoms with Crippen LogP contribution in [-0.4, -0.2) is 47.4 Å². The van der Waals surface area contributed by atoms with Crippen LogP contribution in [0.2, 0.25) is 0 Å². The van der Waals surface area contributed by atoms with Gasteiger partial charge in [-0.2, -0.15) is 79.0 Å². The quantitative estimate of drug-likeness (QED) is 0.358. The normalized spacial score (nSPS) is 16.9. The fourth-order valence-electron chi connectivity index (χ4n) is 1.28. The predicted molar refractivity (Wildman–Crippen MR) is 49.4 cm³/mol. The minimum absolute atomic E-state index is 7.85. The fourth-order valence-corrected chi connectivity index (χ4v) is 2.65. The average Bonchev–Trinajstić information content (AvgIpc) is 2.43. The highest BCUT2D eigenvalue weighted by Crippen LogP contribution is 2.76. The topological polar surface area (TPSA) is 40.1 Å². The third-order valence-corrected chi connectivity index (χ3v) is 5.04. The molecule has 0 saturated carbocycles. The van der Waals surface area contributed by atoms with Gasteiger partial charge in [0.05, 0.1) is 0 Å². The highest BCUT2D eigenvalue weighted by atomic mass is 31.2. The van der Waals surface area contributed by atoms with Crippen LogP contribution in [0, 0.1) is 0 Å². The summed E-state index contributed by atoms with van der Waals surface area (Å²) >= 11 is 0. The van der Waals surface area contributed by atoms with Crippen molar-refractivity contribution in [2.24, 2.45) is 0 Å². The molecule has 0 bridgehead atoms. The van der Waals surface area contributed by atoms with Gasteiger partial charge in [0.2, 0.25) is 0 Å². The van der Waals surface area contributed by atoms with Gasteiger partial charge in [0.15, 0.2) is 7.37 Å². The van der Waals surface area contributed by atoms with Crippen LogP contribution < -0.4 is 4.89 Å². The SMILES string of the molecule is O=P([O-])(C(F)(F)C(F)(F)C(F)(F)C(F)(F)F)C(F)(F)C(F)(F)C(F)(F)C(F)(F)F. The monoisotopic (exact) mass is 501 g/mol. The Hall–Kier alpha value is -1.07. The summed E-state index contributed by atoms with van der Waals surface area (Å²) in [6, 6.07) is 0. The molecule has 0 aromatic heterocycles. The Kier molecular flexibility index (Phi) is 6.22. The van der Waals surface area contributed by atoms with Crippen LogP contribution in [0.25, 0.3) is 0 Å². The molecule has 0 aromatic rings. The molecule has 0 aliphatic rings. The number of alkyl halides is 18. The predicted octanol–water partition coefficient (Wildman–Crippen LogP) is 5.48. The number of rotatable bonds is 6. The summed E-state index contributed by atoms with van der Waals surface area (Å²) < 4.78 is 235. The van der Waals surface area contributed by atoms with E-state index in [1.165, 1.54) is 0 Å². The second-order valence-electron chi connectivity index (χ2n) is 4.93. The molecular weight excluding hydrogens is 501 g/mol. The van der Waals surface area contributed by atoms with Crippen LogP contribution in [0.4, 0.5) is 79.0 Å². The summed E-state index contributed by atoms with van der Waals surface area (Å²) in [5, 5.41) is 0. The van der Waals surface area contributed by atoms with Gasteiger partial charge >= 0.3 is 47.4 Å². The summed E-state index contributed by atoms with van der Waals surface area (Å²) in [4.78, 5) is 10.7. The molecule has 21 heteroatoms. The number of halogens is 18. The second kappa shape index (κ2) is 6.46. The van der Waals surface area contributed by atoms with Gasteiger partial charge in [0.1, 0.15) is 0 Å². The molecule has 0 atom stereocenters. The third-order valence-electron chi connectivity index (χ3n) is 3.00. The minimum Gasteiger partial charge on any atom is -0.791 e. The van der Waals surface area contributed by atoms with E-state index in [0.717, 1.165) is 0 Å². The second-order valence-corrected chi connectivity index (χ2v) is 7.15. The van der Waals surface area contributed by atoms with Gasteiger partial charge < -0.3 is 9.46 Å². The molecule has 0 rings (SSSR count). The summed E-state index contributed by atoms with van der Waals surface area (Å²) in [7, 11) is -10.1. The summed E-state index contributed by atoms with van der Waals surface area (Å²) in [6.07, 6.45) is -15.7. The van der Waals surface area contributed by atoms with E-state index in [0.29, 0.717) is 0 Å². The lowest BCUT2D eigenvalue weighted by atomic mass is 10.1. The van der Waals surface area contributed by atoms with Crippen molar-refractivity contribution in [3.8, 4) is 0 Å². The Morgan fingerprint density at radius 2 is 0.586 bits per heavy atom. The highest BCUT2D eigenvalue weighted by molar-refractivity contribution is 7.59. The van der Waals surface area contributed by atoms with E-state index in [-0.39, 0.29) is 0 Å². The van der Waals surface area contributed by atoms with Crippen molar-refractivity contribution >= 4 is 7.37 Å². The van der Waals surface area contributed by atoms with Gasteiger partial charge in [-0.05, 0) is 0 Å². The molecule has 0 aromatic carbocycles. The van der Waals surface area contributed by atoms with Crippen molar-refractivity contribution in [3.63, 3.8) is 0 Å². The first kappa shape index (κ1) is 27.9. The Morgan fingerprint density at radius 3 is 0.724 bits per heavy atom. The van der Waals surface area contributed by atoms with Crippen LogP contribution in [0.15, 0.2) is 0 Å². The van der Waals surface area contributed by atoms with Crippen molar-refractivity contribution in [2.45, 2.75) is 47.4 Å². The largest absolute Gasteiger partial charge is 0.791 e. The fraction of sp³-hybridized carbons (Fsp3) is 1.00. The molecule has 0 heterocycles. The van der Waals surface area contributed by atoms with Crippen LogP contribution in [0.3, 0.4) is 0 Å². The van der Waals surface area contributed by atoms with Crippen molar-refractivity contribution in [3.05, 3.63) is 0 Å². The maximum atomic E-state index is 13.1. The molecule has 0 unspecified atom stereocenters. The standard InChI is InChI=1S/C8HF18O2P/c9-1(10,5(17,18)19)3(13,14)7(23,24)29(27,28)8(25,26)4(15,16)2(11,12)6(20,21)22/h(H,27,28)/p-1. The van der Waals surface area contributed by atoms with Gasteiger partial charge in [0, 0.05) is 0 Å². The summed E-state index contributed by atoms with van der Waals surface area (Å²) in [5.74, 6) is -33.7. The zero-order valence-corrected chi connectivity index (χ0v) is 13.0. The highest BCUT2D eigenvalue weighted by Gasteiger charge is 2.91. The van der Waals surface area contributed by atoms with E-state index in [4.69, 9.17) is 0 Å². The van der Waals surface area contributed by atoms with Crippen LogP contribution >= 0.6 is 7.37 Å². The Bertz CT molecular complexity index is 616. The van der Waals surface area contributed by atoms with E-state index < -0.39 is 54.7 Å². The molecule has 0 spiro atoms. The summed E-state index contributed by atoms with van der Waals surface area (Å²) in [5.41, 5.74) is -17.2. The van der Waals surface area contributed by atoms with Crippen molar-refractivity contribution < 1.29 is 88.5 Å². The molecular formula is C8F18O2P-. The van der Waals surface area contributed by atoms with Crippen LogP contribution in [0.1, 0.15) is 0 Å². The zero-order valence-electron chi connectivity index (χ0n) is 12.1. The lowest BCUT2D eigenvalue weighted by molar-refractivity contribution is -0.400. The molecule has 176 valence electrons. The number of hydrogen-bond acceptors (Lipinski definition) is 2. The van der Waals surface area contributed by atoms with E-state index >= 15 is 0 Å². The smallest absolute Gasteiger partial charge is 0.460 e. The van der Waals surface area contributed by atoms with E-state index in [9.17, 15) is 88.5 Å². The van der Waals surface area contributed by atoms with Gasteiger partial charge in [-0.15, -0.1) is 0 Å². The molecule has 0 aliphatic heterocycles. The maximum absolute atomic E-state index is 13.1. The summed E-state index contributed by atoms with van der Waals surface area (Å²) in [6.45, 7) is 0. The molecule has 0 fully saturated rings. The molecule has 2 nitrogen and oxygen atoms in total. The van der Waals surface area contributed by atoms with Crippen LogP contribution in [0.5, 0.6) is 0 Å². The van der Waals surface area contributed by atoms with Crippen molar-refractivity contribution in [1.82, 2.24) is 0 Å². The molecule has 0 saturated heterocycles. The van der Waals surface area contributed by atoms with E-state index in [2.05, 4.69) is 0 Å². The van der Waals surface area contributed by atoms with Gasteiger partial charge in [-0.1, -0.05) is 0 Å². The molecule has 0 N–H and O–H groups in total. The van der Waals surface area contributed by atoms with Gasteiger partial charge in [-0.3, -0.25) is 0 Å². The zero-order chi connectivity index (χ0) is 24.5. The van der Waals surface area contributed by atoms with Crippen molar-refractivity contribution in [2.75, 3.05) is 0 Å². The maximum Gasteiger partial charge on any atom is 0.460 e. The molecule has 0 aliphatic carbocycles. The number of hydrogen-bond donors (Lipinski definition) is 0. The first-order chi connectivity index (χ1) is 12.0. The first-order valence-corrected chi connectivity index (χ1v) is 7.34. The molecule has 29 heavy (non-hydrogen) atoms. The van der Waals surface area contributed by atoms with E-state index in [1.807, 2.05) is 0 Å². The molecule has 0 radical (unpaired) electrons. The Labute approximate surface area is 144 Å². The average molecular weight is 501 g/mol. The Balaban J connectivity index is 6.87. The van der Waals surface area contributed by atoms with Gasteiger partial charge in [-0.25, -0.2) is 0 Å². The lowest BCUT2D eigenvalue weighted by Crippen LogP contribution is -2.67.